The van der Waals surface area contributed by atoms with Crippen molar-refractivity contribution in [1.82, 2.24) is 5.32 Å². The van der Waals surface area contributed by atoms with E-state index in [9.17, 15) is 4.79 Å². The van der Waals surface area contributed by atoms with Gasteiger partial charge in [-0.2, -0.15) is 0 Å². The Kier molecular flexibility index (Phi) is 5.88. The molecule has 1 fully saturated rings. The first kappa shape index (κ1) is 16.1. The van der Waals surface area contributed by atoms with Crippen molar-refractivity contribution in [2.75, 3.05) is 44.2 Å². The van der Waals surface area contributed by atoms with Crippen LogP contribution in [0.2, 0.25) is 5.02 Å². The van der Waals surface area contributed by atoms with E-state index in [1.165, 1.54) is 4.90 Å². The molecule has 1 aliphatic rings. The van der Waals surface area contributed by atoms with Gasteiger partial charge in [0, 0.05) is 6.54 Å². The maximum atomic E-state index is 11.9. The number of quaternary nitrogens is 1. The molecule has 1 aromatic rings. The van der Waals surface area contributed by atoms with Gasteiger partial charge in [-0.05, 0) is 18.1 Å². The van der Waals surface area contributed by atoms with Crippen LogP contribution in [-0.4, -0.2) is 45.2 Å². The van der Waals surface area contributed by atoms with Crippen molar-refractivity contribution < 1.29 is 9.69 Å². The Morgan fingerprint density at radius 1 is 1.33 bits per heavy atom. The number of hydrogen-bond donors (Lipinski definition) is 2. The monoisotopic (exact) mass is 310 g/mol. The van der Waals surface area contributed by atoms with E-state index in [0.29, 0.717) is 12.5 Å². The molecule has 0 spiro atoms. The van der Waals surface area contributed by atoms with Crippen LogP contribution in [0, 0.1) is 5.92 Å². The van der Waals surface area contributed by atoms with E-state index in [1.54, 1.807) is 0 Å². The predicted octanol–water partition coefficient (Wildman–Crippen LogP) is 0.817. The lowest BCUT2D eigenvalue weighted by atomic mass is 10.2. The zero-order valence-corrected chi connectivity index (χ0v) is 13.6. The van der Waals surface area contributed by atoms with E-state index in [-0.39, 0.29) is 5.91 Å². The second kappa shape index (κ2) is 7.66. The minimum absolute atomic E-state index is 0.157. The Morgan fingerprint density at radius 2 is 2.00 bits per heavy atom. The average Bonchev–Trinajstić information content (AvgIpc) is 2.47. The van der Waals surface area contributed by atoms with Crippen molar-refractivity contribution in [3.8, 4) is 0 Å². The van der Waals surface area contributed by atoms with Crippen LogP contribution in [0.1, 0.15) is 13.8 Å². The summed E-state index contributed by atoms with van der Waals surface area (Å²) >= 11 is 6.24. The van der Waals surface area contributed by atoms with E-state index in [4.69, 9.17) is 11.6 Å². The first-order chi connectivity index (χ1) is 10.1. The van der Waals surface area contributed by atoms with Crippen molar-refractivity contribution in [1.29, 1.82) is 0 Å². The molecule has 1 heterocycles. The normalized spacial score (nSPS) is 16.3. The van der Waals surface area contributed by atoms with E-state index in [0.717, 1.165) is 43.4 Å². The Morgan fingerprint density at radius 3 is 2.62 bits per heavy atom. The molecular formula is C16H25ClN3O+. The molecule has 1 aliphatic heterocycles. The minimum atomic E-state index is 0.157. The molecule has 116 valence electrons. The smallest absolute Gasteiger partial charge is 0.275 e. The molecule has 2 N–H and O–H groups in total. The number of rotatable bonds is 5. The van der Waals surface area contributed by atoms with Crippen molar-refractivity contribution in [2.24, 2.45) is 5.92 Å². The summed E-state index contributed by atoms with van der Waals surface area (Å²) in [5.74, 6) is 0.658. The number of anilines is 1. The SMILES string of the molecule is CC(C)CNC(=O)C[NH+]1CCN(c2ccccc2Cl)CC1. The maximum absolute atomic E-state index is 11.9. The number of benzene rings is 1. The van der Waals surface area contributed by atoms with E-state index < -0.39 is 0 Å². The number of halogens is 1. The highest BCUT2D eigenvalue weighted by Gasteiger charge is 2.23. The van der Waals surface area contributed by atoms with E-state index in [2.05, 4.69) is 30.1 Å². The quantitative estimate of drug-likeness (QED) is 0.845. The first-order valence-electron chi connectivity index (χ1n) is 7.66. The number of carbonyl (C=O) groups excluding carboxylic acids is 1. The Hall–Kier alpha value is -1.26. The molecule has 0 unspecified atom stereocenters. The lowest BCUT2D eigenvalue weighted by Gasteiger charge is -2.33. The fraction of sp³-hybridized carbons (Fsp3) is 0.562. The van der Waals surface area contributed by atoms with Crippen LogP contribution in [0.15, 0.2) is 24.3 Å². The summed E-state index contributed by atoms with van der Waals surface area (Å²) < 4.78 is 0. The molecule has 0 radical (unpaired) electrons. The summed E-state index contributed by atoms with van der Waals surface area (Å²) in [5, 5.41) is 3.79. The average molecular weight is 311 g/mol. The maximum Gasteiger partial charge on any atom is 0.275 e. The first-order valence-corrected chi connectivity index (χ1v) is 8.04. The zero-order chi connectivity index (χ0) is 15.2. The number of piperazine rings is 1. The van der Waals surface area contributed by atoms with Gasteiger partial charge in [0.15, 0.2) is 6.54 Å². The number of nitrogens with one attached hydrogen (secondary N) is 2. The van der Waals surface area contributed by atoms with Gasteiger partial charge in [-0.3, -0.25) is 4.79 Å². The van der Waals surface area contributed by atoms with Gasteiger partial charge in [0.2, 0.25) is 0 Å². The lowest BCUT2D eigenvalue weighted by Crippen LogP contribution is -3.16. The van der Waals surface area contributed by atoms with Crippen LogP contribution in [0.3, 0.4) is 0 Å². The van der Waals surface area contributed by atoms with Gasteiger partial charge in [0.05, 0.1) is 36.9 Å². The summed E-state index contributed by atoms with van der Waals surface area (Å²) in [6, 6.07) is 7.95. The molecule has 0 bridgehead atoms. The van der Waals surface area contributed by atoms with Crippen LogP contribution in [0.5, 0.6) is 0 Å². The summed E-state index contributed by atoms with van der Waals surface area (Å²) in [7, 11) is 0. The van der Waals surface area contributed by atoms with Crippen LogP contribution in [-0.2, 0) is 4.79 Å². The zero-order valence-electron chi connectivity index (χ0n) is 12.9. The van der Waals surface area contributed by atoms with Crippen molar-refractivity contribution in [3.63, 3.8) is 0 Å². The number of hydrogen-bond acceptors (Lipinski definition) is 2. The number of nitrogens with zero attached hydrogens (tertiary/aromatic N) is 1. The highest BCUT2D eigenvalue weighted by atomic mass is 35.5. The molecule has 21 heavy (non-hydrogen) atoms. The molecule has 1 amide bonds. The second-order valence-corrected chi connectivity index (χ2v) is 6.47. The molecule has 1 saturated heterocycles. The van der Waals surface area contributed by atoms with Gasteiger partial charge in [-0.15, -0.1) is 0 Å². The summed E-state index contributed by atoms with van der Waals surface area (Å²) in [5.41, 5.74) is 1.10. The van der Waals surface area contributed by atoms with Crippen LogP contribution in [0.4, 0.5) is 5.69 Å². The molecule has 0 aliphatic carbocycles. The van der Waals surface area contributed by atoms with Gasteiger partial charge >= 0.3 is 0 Å². The van der Waals surface area contributed by atoms with Gasteiger partial charge in [-0.1, -0.05) is 37.6 Å². The fourth-order valence-corrected chi connectivity index (χ4v) is 2.81. The highest BCUT2D eigenvalue weighted by Crippen LogP contribution is 2.24. The number of para-hydroxylation sites is 1. The topological polar surface area (TPSA) is 36.8 Å². The molecule has 0 saturated carbocycles. The van der Waals surface area contributed by atoms with Gasteiger partial charge in [0.1, 0.15) is 0 Å². The summed E-state index contributed by atoms with van der Waals surface area (Å²) in [6.45, 7) is 9.37. The summed E-state index contributed by atoms with van der Waals surface area (Å²) in [6.07, 6.45) is 0. The largest absolute Gasteiger partial charge is 0.359 e. The third-order valence-electron chi connectivity index (χ3n) is 3.78. The fourth-order valence-electron chi connectivity index (χ4n) is 2.56. The molecular weight excluding hydrogens is 286 g/mol. The molecule has 1 aromatic carbocycles. The molecule has 0 atom stereocenters. The number of carbonyl (C=O) groups is 1. The van der Waals surface area contributed by atoms with Crippen molar-refractivity contribution in [2.45, 2.75) is 13.8 Å². The lowest BCUT2D eigenvalue weighted by molar-refractivity contribution is -0.892. The molecule has 0 aromatic heterocycles. The molecule has 5 heteroatoms. The summed E-state index contributed by atoms with van der Waals surface area (Å²) in [4.78, 5) is 15.5. The van der Waals surface area contributed by atoms with Crippen molar-refractivity contribution >= 4 is 23.2 Å². The van der Waals surface area contributed by atoms with Crippen LogP contribution in [0.25, 0.3) is 0 Å². The van der Waals surface area contributed by atoms with E-state index in [1.807, 2.05) is 18.2 Å². The Bertz CT molecular complexity index is 470. The second-order valence-electron chi connectivity index (χ2n) is 6.06. The molecule has 2 rings (SSSR count). The van der Waals surface area contributed by atoms with Gasteiger partial charge in [0.25, 0.3) is 5.91 Å². The van der Waals surface area contributed by atoms with E-state index >= 15 is 0 Å². The van der Waals surface area contributed by atoms with Gasteiger partial charge < -0.3 is 15.1 Å². The van der Waals surface area contributed by atoms with Crippen LogP contribution >= 0.6 is 11.6 Å². The molecule has 4 nitrogen and oxygen atoms in total. The van der Waals surface area contributed by atoms with Gasteiger partial charge in [-0.25, -0.2) is 0 Å². The third-order valence-corrected chi connectivity index (χ3v) is 4.10. The van der Waals surface area contributed by atoms with Crippen LogP contribution < -0.4 is 15.1 Å². The standard InChI is InChI=1S/C16H24ClN3O/c1-13(2)11-18-16(21)12-19-7-9-20(10-8-19)15-6-4-3-5-14(15)17/h3-6,13H,7-12H2,1-2H3,(H,18,21)/p+1. The predicted molar refractivity (Wildman–Crippen MR) is 87.1 cm³/mol. The Balaban J connectivity index is 1.78. The third kappa shape index (κ3) is 4.90. The van der Waals surface area contributed by atoms with Crippen molar-refractivity contribution in [3.05, 3.63) is 29.3 Å². The highest BCUT2D eigenvalue weighted by molar-refractivity contribution is 6.33. The Labute approximate surface area is 132 Å². The number of amides is 1. The minimum Gasteiger partial charge on any atom is -0.359 e.